The summed E-state index contributed by atoms with van der Waals surface area (Å²) in [6.07, 6.45) is 5.42. The molecule has 3 N–H and O–H groups in total. The number of carbonyl (C=O) groups is 1. The van der Waals surface area contributed by atoms with E-state index in [4.69, 9.17) is 10.7 Å². The van der Waals surface area contributed by atoms with Crippen LogP contribution < -0.4 is 11.4 Å². The van der Waals surface area contributed by atoms with Crippen molar-refractivity contribution in [3.63, 3.8) is 0 Å². The van der Waals surface area contributed by atoms with Gasteiger partial charge in [0.1, 0.15) is 11.3 Å². The van der Waals surface area contributed by atoms with Crippen LogP contribution in [0.25, 0.3) is 16.9 Å². The van der Waals surface area contributed by atoms with Crippen LogP contribution in [0.3, 0.4) is 0 Å². The molecule has 1 aliphatic carbocycles. The minimum atomic E-state index is -0.659. The van der Waals surface area contributed by atoms with E-state index in [1.165, 1.54) is 11.0 Å². The van der Waals surface area contributed by atoms with Crippen molar-refractivity contribution in [2.75, 3.05) is 0 Å². The average Bonchev–Trinajstić information content (AvgIpc) is 2.99. The molecule has 1 fully saturated rings. The molecule has 0 unspecified atom stereocenters. The molecule has 0 spiro atoms. The predicted molar refractivity (Wildman–Crippen MR) is 103 cm³/mol. The normalized spacial score (nSPS) is 15.3. The number of hydrogen-bond acceptors (Lipinski definition) is 4. The molecule has 0 atom stereocenters. The van der Waals surface area contributed by atoms with E-state index in [-0.39, 0.29) is 17.3 Å². The summed E-state index contributed by atoms with van der Waals surface area (Å²) in [6.45, 7) is 4.02. The quantitative estimate of drug-likeness (QED) is 0.744. The summed E-state index contributed by atoms with van der Waals surface area (Å²) in [5.74, 6) is 0.139. The Hall–Kier alpha value is -2.96. The summed E-state index contributed by atoms with van der Waals surface area (Å²) < 4.78 is 1.50. The smallest absolute Gasteiger partial charge is 0.332 e. The molecule has 1 aromatic carbocycles. The van der Waals surface area contributed by atoms with E-state index in [0.29, 0.717) is 22.7 Å². The highest BCUT2D eigenvalue weighted by Crippen LogP contribution is 2.32. The maximum atomic E-state index is 12.7. The number of rotatable bonds is 3. The van der Waals surface area contributed by atoms with Crippen molar-refractivity contribution >= 4 is 17.1 Å². The summed E-state index contributed by atoms with van der Waals surface area (Å²) in [5.41, 5.74) is 8.92. The second-order valence-electron chi connectivity index (χ2n) is 7.36. The van der Waals surface area contributed by atoms with Crippen molar-refractivity contribution in [3.8, 4) is 5.69 Å². The van der Waals surface area contributed by atoms with Crippen LogP contribution in [0.15, 0.2) is 23.0 Å². The van der Waals surface area contributed by atoms with E-state index in [9.17, 15) is 9.59 Å². The Balaban J connectivity index is 1.97. The number of amides is 1. The molecule has 1 saturated carbocycles. The van der Waals surface area contributed by atoms with Crippen LogP contribution in [0.2, 0.25) is 0 Å². The highest BCUT2D eigenvalue weighted by atomic mass is 16.2. The summed E-state index contributed by atoms with van der Waals surface area (Å²) in [5, 5.41) is 0. The molecule has 0 aliphatic heterocycles. The van der Waals surface area contributed by atoms with E-state index >= 15 is 0 Å². The summed E-state index contributed by atoms with van der Waals surface area (Å²) in [7, 11) is 0. The van der Waals surface area contributed by atoms with Gasteiger partial charge < -0.3 is 10.7 Å². The monoisotopic (exact) mass is 365 g/mol. The lowest BCUT2D eigenvalue weighted by Gasteiger charge is -2.20. The Morgan fingerprint density at radius 3 is 2.56 bits per heavy atom. The van der Waals surface area contributed by atoms with Gasteiger partial charge in [0.05, 0.1) is 5.69 Å². The SMILES string of the molecule is Cc1ccc(-n2c(=O)[nH]c3c(C(N)=O)nc(C4CCCCC4)nc32)cc1C. The first-order valence-electron chi connectivity index (χ1n) is 9.36. The van der Waals surface area contributed by atoms with Crippen molar-refractivity contribution in [1.82, 2.24) is 19.5 Å². The van der Waals surface area contributed by atoms with E-state index in [0.717, 1.165) is 36.8 Å². The molecule has 2 heterocycles. The minimum absolute atomic E-state index is 0.0836. The molecule has 4 rings (SSSR count). The van der Waals surface area contributed by atoms with Crippen LogP contribution in [-0.2, 0) is 0 Å². The second-order valence-corrected chi connectivity index (χ2v) is 7.36. The molecular weight excluding hydrogens is 342 g/mol. The molecule has 1 aliphatic rings. The number of nitrogens with zero attached hydrogens (tertiary/aromatic N) is 3. The number of imidazole rings is 1. The lowest BCUT2D eigenvalue weighted by molar-refractivity contribution is 0.0996. The Morgan fingerprint density at radius 1 is 1.15 bits per heavy atom. The third kappa shape index (κ3) is 3.03. The van der Waals surface area contributed by atoms with E-state index in [1.807, 2.05) is 32.0 Å². The second kappa shape index (κ2) is 6.64. The summed E-state index contributed by atoms with van der Waals surface area (Å²) in [6, 6.07) is 5.79. The highest BCUT2D eigenvalue weighted by Gasteiger charge is 2.24. The summed E-state index contributed by atoms with van der Waals surface area (Å²) in [4.78, 5) is 36.6. The van der Waals surface area contributed by atoms with E-state index in [2.05, 4.69) is 9.97 Å². The average molecular weight is 365 g/mol. The van der Waals surface area contributed by atoms with Crippen LogP contribution >= 0.6 is 0 Å². The van der Waals surface area contributed by atoms with Crippen LogP contribution in [-0.4, -0.2) is 25.4 Å². The van der Waals surface area contributed by atoms with Gasteiger partial charge >= 0.3 is 5.69 Å². The Kier molecular flexibility index (Phi) is 4.30. The zero-order valence-corrected chi connectivity index (χ0v) is 15.6. The molecule has 140 valence electrons. The number of benzene rings is 1. The van der Waals surface area contributed by atoms with Crippen LogP contribution in [0, 0.1) is 13.8 Å². The van der Waals surface area contributed by atoms with Gasteiger partial charge in [-0.25, -0.2) is 19.3 Å². The Morgan fingerprint density at radius 2 is 1.89 bits per heavy atom. The first kappa shape index (κ1) is 17.5. The molecule has 1 amide bonds. The number of aromatic amines is 1. The third-order valence-corrected chi connectivity index (χ3v) is 5.51. The molecule has 7 heteroatoms. The lowest BCUT2D eigenvalue weighted by atomic mass is 9.88. The zero-order chi connectivity index (χ0) is 19.1. The van der Waals surface area contributed by atoms with Crippen molar-refractivity contribution in [3.05, 3.63) is 51.3 Å². The first-order valence-corrected chi connectivity index (χ1v) is 9.36. The number of H-pyrrole nitrogens is 1. The van der Waals surface area contributed by atoms with Gasteiger partial charge in [0.15, 0.2) is 11.3 Å². The van der Waals surface area contributed by atoms with Crippen LogP contribution in [0.5, 0.6) is 0 Å². The van der Waals surface area contributed by atoms with Gasteiger partial charge in [-0.2, -0.15) is 0 Å². The number of aromatic nitrogens is 4. The number of carbonyl (C=O) groups excluding carboxylic acids is 1. The van der Waals surface area contributed by atoms with Crippen molar-refractivity contribution in [2.24, 2.45) is 5.73 Å². The van der Waals surface area contributed by atoms with Gasteiger partial charge in [0.2, 0.25) is 0 Å². The van der Waals surface area contributed by atoms with Crippen molar-refractivity contribution in [1.29, 1.82) is 0 Å². The van der Waals surface area contributed by atoms with Crippen molar-refractivity contribution < 1.29 is 4.79 Å². The molecule has 0 bridgehead atoms. The Labute approximate surface area is 156 Å². The topological polar surface area (TPSA) is 107 Å². The number of primary amides is 1. The molecular formula is C20H23N5O2. The van der Waals surface area contributed by atoms with Crippen LogP contribution in [0.4, 0.5) is 0 Å². The minimum Gasteiger partial charge on any atom is -0.364 e. The van der Waals surface area contributed by atoms with Gasteiger partial charge in [-0.15, -0.1) is 0 Å². The number of aryl methyl sites for hydroxylation is 2. The van der Waals surface area contributed by atoms with Crippen LogP contribution in [0.1, 0.15) is 65.5 Å². The predicted octanol–water partition coefficient (Wildman–Crippen LogP) is 2.87. The molecule has 0 saturated heterocycles. The lowest BCUT2D eigenvalue weighted by Crippen LogP contribution is -2.18. The fraction of sp³-hybridized carbons (Fsp3) is 0.400. The van der Waals surface area contributed by atoms with Gasteiger partial charge in [-0.3, -0.25) is 4.79 Å². The van der Waals surface area contributed by atoms with Gasteiger partial charge in [0.25, 0.3) is 5.91 Å². The number of fused-ring (bicyclic) bond motifs is 1. The van der Waals surface area contributed by atoms with Gasteiger partial charge in [-0.1, -0.05) is 25.3 Å². The Bertz CT molecular complexity index is 1090. The first-order chi connectivity index (χ1) is 13.0. The molecule has 27 heavy (non-hydrogen) atoms. The summed E-state index contributed by atoms with van der Waals surface area (Å²) >= 11 is 0. The standard InChI is InChI=1S/C20H23N5O2/c1-11-8-9-14(10-12(11)2)25-19-16(23-20(25)27)15(17(21)26)22-18(24-19)13-6-4-3-5-7-13/h8-10,13H,3-7H2,1-2H3,(H2,21,26)(H,23,27). The fourth-order valence-electron chi connectivity index (χ4n) is 3.83. The van der Waals surface area contributed by atoms with E-state index < -0.39 is 5.91 Å². The maximum absolute atomic E-state index is 12.7. The fourth-order valence-corrected chi connectivity index (χ4v) is 3.83. The van der Waals surface area contributed by atoms with Gasteiger partial charge in [0, 0.05) is 5.92 Å². The molecule has 7 nitrogen and oxygen atoms in total. The molecule has 2 aromatic heterocycles. The number of nitrogens with two attached hydrogens (primary N) is 1. The number of hydrogen-bond donors (Lipinski definition) is 2. The zero-order valence-electron chi connectivity index (χ0n) is 15.6. The van der Waals surface area contributed by atoms with Gasteiger partial charge in [-0.05, 0) is 49.9 Å². The molecule has 0 radical (unpaired) electrons. The third-order valence-electron chi connectivity index (χ3n) is 5.51. The number of nitrogens with one attached hydrogen (secondary N) is 1. The van der Waals surface area contributed by atoms with Crippen molar-refractivity contribution in [2.45, 2.75) is 51.9 Å². The maximum Gasteiger partial charge on any atom is 0.332 e. The highest BCUT2D eigenvalue weighted by molar-refractivity contribution is 6.01. The van der Waals surface area contributed by atoms with E-state index in [1.54, 1.807) is 0 Å². The molecule has 3 aromatic rings. The largest absolute Gasteiger partial charge is 0.364 e.